The Morgan fingerprint density at radius 1 is 0.926 bits per heavy atom. The SMILES string of the molecule is O=C(NCCNC(=O)c1ccccc1Cl)c1ccc(Cn2cccn2)cc1. The van der Waals surface area contributed by atoms with Crippen LogP contribution >= 0.6 is 11.6 Å². The highest BCUT2D eigenvalue weighted by Gasteiger charge is 2.09. The van der Waals surface area contributed by atoms with E-state index in [4.69, 9.17) is 11.6 Å². The van der Waals surface area contributed by atoms with E-state index in [0.717, 1.165) is 5.56 Å². The first-order valence-electron chi connectivity index (χ1n) is 8.51. The monoisotopic (exact) mass is 382 g/mol. The van der Waals surface area contributed by atoms with Crippen LogP contribution in [0.5, 0.6) is 0 Å². The lowest BCUT2D eigenvalue weighted by Gasteiger charge is -2.09. The molecular formula is C20H19ClN4O2. The van der Waals surface area contributed by atoms with Crippen molar-refractivity contribution in [3.05, 3.63) is 88.7 Å². The Balaban J connectivity index is 1.44. The zero-order valence-corrected chi connectivity index (χ0v) is 15.3. The molecule has 1 heterocycles. The van der Waals surface area contributed by atoms with E-state index in [1.165, 1.54) is 0 Å². The largest absolute Gasteiger partial charge is 0.350 e. The molecule has 0 saturated heterocycles. The maximum Gasteiger partial charge on any atom is 0.252 e. The van der Waals surface area contributed by atoms with Crippen LogP contribution in [-0.2, 0) is 6.54 Å². The minimum atomic E-state index is -0.266. The van der Waals surface area contributed by atoms with Gasteiger partial charge in [-0.25, -0.2) is 0 Å². The number of nitrogens with one attached hydrogen (secondary N) is 2. The van der Waals surface area contributed by atoms with Crippen LogP contribution < -0.4 is 10.6 Å². The van der Waals surface area contributed by atoms with Gasteiger partial charge >= 0.3 is 0 Å². The van der Waals surface area contributed by atoms with Crippen molar-refractivity contribution in [2.45, 2.75) is 6.54 Å². The first kappa shape index (κ1) is 18.7. The van der Waals surface area contributed by atoms with Gasteiger partial charge in [0.15, 0.2) is 0 Å². The molecule has 3 rings (SSSR count). The van der Waals surface area contributed by atoms with Gasteiger partial charge in [-0.1, -0.05) is 35.9 Å². The predicted molar refractivity (Wildman–Crippen MR) is 104 cm³/mol. The first-order valence-corrected chi connectivity index (χ1v) is 8.88. The van der Waals surface area contributed by atoms with Crippen molar-refractivity contribution in [2.24, 2.45) is 0 Å². The van der Waals surface area contributed by atoms with Gasteiger partial charge in [0.05, 0.1) is 17.1 Å². The van der Waals surface area contributed by atoms with E-state index in [2.05, 4.69) is 15.7 Å². The smallest absolute Gasteiger partial charge is 0.252 e. The van der Waals surface area contributed by atoms with Crippen LogP contribution in [0.15, 0.2) is 67.0 Å². The summed E-state index contributed by atoms with van der Waals surface area (Å²) in [5.74, 6) is -0.453. The van der Waals surface area contributed by atoms with E-state index in [-0.39, 0.29) is 11.8 Å². The topological polar surface area (TPSA) is 76.0 Å². The Bertz CT molecular complexity index is 908. The quantitative estimate of drug-likeness (QED) is 0.617. The zero-order chi connectivity index (χ0) is 19.1. The number of halogens is 1. The third kappa shape index (κ3) is 5.18. The lowest BCUT2D eigenvalue weighted by Crippen LogP contribution is -2.34. The summed E-state index contributed by atoms with van der Waals surface area (Å²) < 4.78 is 1.82. The molecule has 0 aliphatic carbocycles. The highest BCUT2D eigenvalue weighted by molar-refractivity contribution is 6.33. The molecule has 0 radical (unpaired) electrons. The highest BCUT2D eigenvalue weighted by Crippen LogP contribution is 2.14. The second-order valence-corrected chi connectivity index (χ2v) is 6.30. The van der Waals surface area contributed by atoms with Gasteiger partial charge in [0.2, 0.25) is 0 Å². The van der Waals surface area contributed by atoms with Gasteiger partial charge in [-0.05, 0) is 35.9 Å². The van der Waals surface area contributed by atoms with E-state index in [1.807, 2.05) is 29.1 Å². The molecule has 2 aromatic carbocycles. The van der Waals surface area contributed by atoms with Crippen LogP contribution in [0.2, 0.25) is 5.02 Å². The van der Waals surface area contributed by atoms with Gasteiger partial charge in [0.25, 0.3) is 11.8 Å². The van der Waals surface area contributed by atoms with Gasteiger partial charge in [-0.3, -0.25) is 14.3 Å². The van der Waals surface area contributed by atoms with Crippen LogP contribution in [0.3, 0.4) is 0 Å². The summed E-state index contributed by atoms with van der Waals surface area (Å²) in [4.78, 5) is 24.2. The molecule has 2 amide bonds. The molecule has 27 heavy (non-hydrogen) atoms. The Morgan fingerprint density at radius 2 is 1.63 bits per heavy atom. The molecule has 0 spiro atoms. The zero-order valence-electron chi connectivity index (χ0n) is 14.6. The van der Waals surface area contributed by atoms with E-state index < -0.39 is 0 Å². The number of nitrogens with zero attached hydrogens (tertiary/aromatic N) is 2. The fourth-order valence-corrected chi connectivity index (χ4v) is 2.76. The van der Waals surface area contributed by atoms with Crippen molar-refractivity contribution < 1.29 is 9.59 Å². The summed E-state index contributed by atoms with van der Waals surface area (Å²) >= 11 is 5.98. The second kappa shape index (κ2) is 9.00. The number of amides is 2. The van der Waals surface area contributed by atoms with Crippen LogP contribution in [0, 0.1) is 0 Å². The molecule has 0 bridgehead atoms. The molecule has 7 heteroatoms. The van der Waals surface area contributed by atoms with Crippen LogP contribution in [-0.4, -0.2) is 34.7 Å². The first-order chi connectivity index (χ1) is 13.1. The molecule has 1 aromatic heterocycles. The van der Waals surface area contributed by atoms with Crippen molar-refractivity contribution >= 4 is 23.4 Å². The summed E-state index contributed by atoms with van der Waals surface area (Å²) in [6.07, 6.45) is 3.61. The number of rotatable bonds is 7. The second-order valence-electron chi connectivity index (χ2n) is 5.89. The number of benzene rings is 2. The summed E-state index contributed by atoms with van der Waals surface area (Å²) in [5.41, 5.74) is 2.04. The van der Waals surface area contributed by atoms with Gasteiger partial charge in [-0.2, -0.15) is 5.10 Å². The minimum Gasteiger partial charge on any atom is -0.350 e. The summed E-state index contributed by atoms with van der Waals surface area (Å²) in [5, 5.41) is 10.1. The Kier molecular flexibility index (Phi) is 6.22. The Morgan fingerprint density at radius 3 is 2.30 bits per heavy atom. The highest BCUT2D eigenvalue weighted by atomic mass is 35.5. The molecule has 6 nitrogen and oxygen atoms in total. The number of carbonyl (C=O) groups is 2. The van der Waals surface area contributed by atoms with Crippen molar-refractivity contribution in [1.82, 2.24) is 20.4 Å². The lowest BCUT2D eigenvalue weighted by atomic mass is 10.1. The molecule has 3 aromatic rings. The fraction of sp³-hybridized carbons (Fsp3) is 0.150. The average molecular weight is 383 g/mol. The van der Waals surface area contributed by atoms with Crippen molar-refractivity contribution in [1.29, 1.82) is 0 Å². The minimum absolute atomic E-state index is 0.187. The Hall–Kier alpha value is -3.12. The molecule has 0 aliphatic heterocycles. The predicted octanol–water partition coefficient (Wildman–Crippen LogP) is 2.74. The molecule has 0 aliphatic rings. The lowest BCUT2D eigenvalue weighted by molar-refractivity contribution is 0.0927. The van der Waals surface area contributed by atoms with Gasteiger partial charge in [0.1, 0.15) is 0 Å². The Labute approximate surface area is 162 Å². The maximum atomic E-state index is 12.2. The summed E-state index contributed by atoms with van der Waals surface area (Å²) in [7, 11) is 0. The third-order valence-corrected chi connectivity index (χ3v) is 4.26. The van der Waals surface area contributed by atoms with Crippen LogP contribution in [0.4, 0.5) is 0 Å². The average Bonchev–Trinajstić information content (AvgIpc) is 3.19. The molecule has 0 fully saturated rings. The maximum absolute atomic E-state index is 12.2. The standard InChI is InChI=1S/C20H19ClN4O2/c21-18-5-2-1-4-17(18)20(27)23-12-11-22-19(26)16-8-6-15(7-9-16)14-25-13-3-10-24-25/h1-10,13H,11-12,14H2,(H,22,26)(H,23,27). The van der Waals surface area contributed by atoms with E-state index in [0.29, 0.717) is 35.8 Å². The number of hydrogen-bond donors (Lipinski definition) is 2. The fourth-order valence-electron chi connectivity index (χ4n) is 2.54. The number of carbonyl (C=O) groups excluding carboxylic acids is 2. The summed E-state index contributed by atoms with van der Waals surface area (Å²) in [6, 6.07) is 16.0. The van der Waals surface area contributed by atoms with Crippen LogP contribution in [0.25, 0.3) is 0 Å². The molecule has 0 atom stereocenters. The number of aromatic nitrogens is 2. The molecule has 0 unspecified atom stereocenters. The van der Waals surface area contributed by atoms with Crippen molar-refractivity contribution in [2.75, 3.05) is 13.1 Å². The molecular weight excluding hydrogens is 364 g/mol. The van der Waals surface area contributed by atoms with E-state index in [9.17, 15) is 9.59 Å². The van der Waals surface area contributed by atoms with E-state index >= 15 is 0 Å². The van der Waals surface area contributed by atoms with Gasteiger partial charge in [-0.15, -0.1) is 0 Å². The normalized spacial score (nSPS) is 10.4. The third-order valence-electron chi connectivity index (χ3n) is 3.93. The molecule has 0 saturated carbocycles. The van der Waals surface area contributed by atoms with Crippen LogP contribution in [0.1, 0.15) is 26.3 Å². The van der Waals surface area contributed by atoms with Gasteiger partial charge < -0.3 is 10.6 Å². The van der Waals surface area contributed by atoms with Gasteiger partial charge in [0, 0.05) is 31.0 Å². The van der Waals surface area contributed by atoms with E-state index in [1.54, 1.807) is 42.6 Å². The number of hydrogen-bond acceptors (Lipinski definition) is 3. The van der Waals surface area contributed by atoms with Crippen molar-refractivity contribution in [3.8, 4) is 0 Å². The van der Waals surface area contributed by atoms with Crippen molar-refractivity contribution in [3.63, 3.8) is 0 Å². The molecule has 2 N–H and O–H groups in total. The molecule has 138 valence electrons. The summed E-state index contributed by atoms with van der Waals surface area (Å²) in [6.45, 7) is 1.29.